The first-order valence-electron chi connectivity index (χ1n) is 13.6. The smallest absolute Gasteiger partial charge is 0.408 e. The zero-order valence-electron chi connectivity index (χ0n) is 24.3. The van der Waals surface area contributed by atoms with Crippen LogP contribution in [0.3, 0.4) is 0 Å². The average molecular weight is 520 g/mol. The largest absolute Gasteiger partial charge is 0.508 e. The first-order valence-corrected chi connectivity index (χ1v) is 13.6. The van der Waals surface area contributed by atoms with Gasteiger partial charge in [0, 0.05) is 12.6 Å². The Labute approximate surface area is 223 Å². The van der Waals surface area contributed by atoms with Gasteiger partial charge in [-0.2, -0.15) is 0 Å². The zero-order valence-corrected chi connectivity index (χ0v) is 24.3. The SMILES string of the molecule is CCCCNC(=O)C(c1ccc(O)cc1)N(C(=O)C(NC(=O)OC(C)(C)C)C(C)C)C(C)CCC(C)C. The Morgan fingerprint density at radius 1 is 1.00 bits per heavy atom. The Morgan fingerprint density at radius 2 is 1.59 bits per heavy atom. The van der Waals surface area contributed by atoms with Crippen molar-refractivity contribution in [2.75, 3.05) is 6.54 Å². The zero-order chi connectivity index (χ0) is 28.3. The van der Waals surface area contributed by atoms with Crippen LogP contribution in [0.4, 0.5) is 4.79 Å². The highest BCUT2D eigenvalue weighted by atomic mass is 16.6. The van der Waals surface area contributed by atoms with Crippen LogP contribution >= 0.6 is 0 Å². The lowest BCUT2D eigenvalue weighted by Crippen LogP contribution is -2.57. The van der Waals surface area contributed by atoms with Gasteiger partial charge in [0.05, 0.1) is 0 Å². The number of amides is 3. The molecule has 1 rings (SSSR count). The molecule has 0 aliphatic rings. The summed E-state index contributed by atoms with van der Waals surface area (Å²) in [6, 6.07) is 4.27. The number of aromatic hydroxyl groups is 1. The van der Waals surface area contributed by atoms with E-state index in [0.717, 1.165) is 19.3 Å². The van der Waals surface area contributed by atoms with E-state index < -0.39 is 23.8 Å². The van der Waals surface area contributed by atoms with Gasteiger partial charge in [-0.3, -0.25) is 9.59 Å². The standard InChI is InChI=1S/C29H49N3O5/c1-10-11-18-30-26(34)25(22-14-16-23(33)17-15-22)32(21(6)13-12-19(2)3)27(35)24(20(4)5)31-28(36)37-29(7,8)9/h14-17,19-21,24-25,33H,10-13,18H2,1-9H3,(H,30,34)(H,31,36). The van der Waals surface area contributed by atoms with Gasteiger partial charge in [-0.1, -0.05) is 53.2 Å². The molecule has 3 unspecified atom stereocenters. The second-order valence-corrected chi connectivity index (χ2v) is 11.6. The van der Waals surface area contributed by atoms with Gasteiger partial charge in [-0.15, -0.1) is 0 Å². The van der Waals surface area contributed by atoms with Crippen LogP contribution in [0.25, 0.3) is 0 Å². The van der Waals surface area contributed by atoms with Crippen molar-refractivity contribution in [3.8, 4) is 5.75 Å². The number of nitrogens with zero attached hydrogens (tertiary/aromatic N) is 1. The second kappa shape index (κ2) is 14.8. The van der Waals surface area contributed by atoms with Gasteiger partial charge in [0.2, 0.25) is 11.8 Å². The molecule has 0 aromatic heterocycles. The van der Waals surface area contributed by atoms with E-state index in [0.29, 0.717) is 24.4 Å². The number of unbranched alkanes of at least 4 members (excludes halogenated alkanes) is 1. The van der Waals surface area contributed by atoms with Crippen LogP contribution in [0.15, 0.2) is 24.3 Å². The molecule has 0 aliphatic carbocycles. The second-order valence-electron chi connectivity index (χ2n) is 11.6. The normalized spacial score (nSPS) is 14.1. The molecule has 0 heterocycles. The average Bonchev–Trinajstić information content (AvgIpc) is 2.78. The molecule has 0 saturated carbocycles. The number of hydrogen-bond acceptors (Lipinski definition) is 5. The third kappa shape index (κ3) is 11.0. The molecule has 3 amide bonds. The van der Waals surface area contributed by atoms with E-state index in [1.54, 1.807) is 37.8 Å². The first kappa shape index (κ1) is 32.3. The quantitative estimate of drug-likeness (QED) is 0.296. The van der Waals surface area contributed by atoms with E-state index in [1.807, 2.05) is 27.7 Å². The predicted molar refractivity (Wildman–Crippen MR) is 147 cm³/mol. The van der Waals surface area contributed by atoms with Crippen molar-refractivity contribution >= 4 is 17.9 Å². The monoisotopic (exact) mass is 519 g/mol. The summed E-state index contributed by atoms with van der Waals surface area (Å²) < 4.78 is 5.43. The Bertz CT molecular complexity index is 861. The van der Waals surface area contributed by atoms with Crippen molar-refractivity contribution < 1.29 is 24.2 Å². The molecule has 0 bridgehead atoms. The lowest BCUT2D eigenvalue weighted by Gasteiger charge is -2.39. The van der Waals surface area contributed by atoms with Crippen LogP contribution in [0, 0.1) is 11.8 Å². The molecular formula is C29H49N3O5. The fourth-order valence-corrected chi connectivity index (χ4v) is 4.00. The number of carbonyl (C=O) groups excluding carboxylic acids is 3. The van der Waals surface area contributed by atoms with Crippen molar-refractivity contribution in [3.63, 3.8) is 0 Å². The summed E-state index contributed by atoms with van der Waals surface area (Å²) in [5.41, 5.74) is -0.122. The molecule has 0 aliphatic heterocycles. The van der Waals surface area contributed by atoms with Gasteiger partial charge in [0.15, 0.2) is 0 Å². The molecule has 8 nitrogen and oxygen atoms in total. The van der Waals surface area contributed by atoms with Crippen LogP contribution in [-0.4, -0.2) is 52.1 Å². The molecule has 0 saturated heterocycles. The van der Waals surface area contributed by atoms with E-state index in [9.17, 15) is 19.5 Å². The fourth-order valence-electron chi connectivity index (χ4n) is 4.00. The molecule has 3 N–H and O–H groups in total. The first-order chi connectivity index (χ1) is 17.2. The minimum absolute atomic E-state index is 0.0753. The molecule has 3 atom stereocenters. The van der Waals surface area contributed by atoms with Crippen molar-refractivity contribution in [1.29, 1.82) is 0 Å². The van der Waals surface area contributed by atoms with Gasteiger partial charge >= 0.3 is 6.09 Å². The molecular weight excluding hydrogens is 470 g/mol. The summed E-state index contributed by atoms with van der Waals surface area (Å²) in [6.45, 7) is 17.7. The Hall–Kier alpha value is -2.77. The number of ether oxygens (including phenoxy) is 1. The Kier molecular flexibility index (Phi) is 12.9. The molecule has 1 aromatic rings. The van der Waals surface area contributed by atoms with Crippen LogP contribution in [0.2, 0.25) is 0 Å². The van der Waals surface area contributed by atoms with E-state index in [1.165, 1.54) is 12.1 Å². The highest BCUT2D eigenvalue weighted by Gasteiger charge is 2.39. The number of phenolic OH excluding ortho intramolecular Hbond substituents is 1. The summed E-state index contributed by atoms with van der Waals surface area (Å²) >= 11 is 0. The lowest BCUT2D eigenvalue weighted by molar-refractivity contribution is -0.146. The summed E-state index contributed by atoms with van der Waals surface area (Å²) in [7, 11) is 0. The van der Waals surface area contributed by atoms with Crippen LogP contribution < -0.4 is 10.6 Å². The van der Waals surface area contributed by atoms with E-state index in [4.69, 9.17) is 4.74 Å². The molecule has 0 spiro atoms. The predicted octanol–water partition coefficient (Wildman–Crippen LogP) is 5.55. The summed E-state index contributed by atoms with van der Waals surface area (Å²) in [4.78, 5) is 42.1. The number of alkyl carbamates (subject to hydrolysis) is 1. The Balaban J connectivity index is 3.53. The van der Waals surface area contributed by atoms with Gasteiger partial charge in [0.25, 0.3) is 0 Å². The highest BCUT2D eigenvalue weighted by Crippen LogP contribution is 2.29. The van der Waals surface area contributed by atoms with E-state index in [2.05, 4.69) is 24.5 Å². The van der Waals surface area contributed by atoms with Gasteiger partial charge in [-0.25, -0.2) is 4.79 Å². The lowest BCUT2D eigenvalue weighted by atomic mass is 9.95. The van der Waals surface area contributed by atoms with Gasteiger partial charge in [-0.05, 0) is 76.5 Å². The van der Waals surface area contributed by atoms with Crippen molar-refractivity contribution in [3.05, 3.63) is 29.8 Å². The maximum absolute atomic E-state index is 14.2. The van der Waals surface area contributed by atoms with Crippen molar-refractivity contribution in [1.82, 2.24) is 15.5 Å². The van der Waals surface area contributed by atoms with Crippen LogP contribution in [0.1, 0.15) is 99.6 Å². The molecule has 210 valence electrons. The minimum atomic E-state index is -0.922. The topological polar surface area (TPSA) is 108 Å². The summed E-state index contributed by atoms with van der Waals surface area (Å²) in [5.74, 6) is -0.384. The van der Waals surface area contributed by atoms with Crippen LogP contribution in [-0.2, 0) is 14.3 Å². The van der Waals surface area contributed by atoms with Crippen molar-refractivity contribution in [2.45, 2.75) is 112 Å². The number of carbonyl (C=O) groups is 3. The Morgan fingerprint density at radius 3 is 2.08 bits per heavy atom. The number of hydrogen-bond donors (Lipinski definition) is 3. The van der Waals surface area contributed by atoms with Gasteiger partial charge in [0.1, 0.15) is 23.4 Å². The van der Waals surface area contributed by atoms with Crippen molar-refractivity contribution in [2.24, 2.45) is 11.8 Å². The maximum atomic E-state index is 14.2. The number of phenols is 1. The van der Waals surface area contributed by atoms with E-state index >= 15 is 0 Å². The van der Waals surface area contributed by atoms with E-state index in [-0.39, 0.29) is 29.5 Å². The molecule has 0 fully saturated rings. The molecule has 8 heteroatoms. The summed E-state index contributed by atoms with van der Waals surface area (Å²) in [6.07, 6.45) is 2.63. The fraction of sp³-hybridized carbons (Fsp3) is 0.690. The minimum Gasteiger partial charge on any atom is -0.508 e. The highest BCUT2D eigenvalue weighted by molar-refractivity contribution is 5.92. The third-order valence-electron chi connectivity index (χ3n) is 6.06. The number of nitrogens with one attached hydrogen (secondary N) is 2. The number of benzene rings is 1. The number of rotatable bonds is 13. The van der Waals surface area contributed by atoms with Crippen LogP contribution in [0.5, 0.6) is 5.75 Å². The molecule has 37 heavy (non-hydrogen) atoms. The molecule has 1 aromatic carbocycles. The molecule has 0 radical (unpaired) electrons. The maximum Gasteiger partial charge on any atom is 0.408 e. The third-order valence-corrected chi connectivity index (χ3v) is 6.06. The summed E-state index contributed by atoms with van der Waals surface area (Å²) in [5, 5.41) is 15.6. The van der Waals surface area contributed by atoms with Gasteiger partial charge < -0.3 is 25.4 Å².